The normalized spacial score (nSPS) is 11.3. The molecule has 0 unspecified atom stereocenters. The van der Waals surface area contributed by atoms with Crippen molar-refractivity contribution >= 4 is 38.1 Å². The molecule has 0 amide bonds. The van der Waals surface area contributed by atoms with Crippen molar-refractivity contribution in [3.8, 4) is 17.1 Å². The molecule has 0 radical (unpaired) electrons. The van der Waals surface area contributed by atoms with Crippen LogP contribution in [-0.2, 0) is 10.0 Å². The molecule has 0 spiro atoms. The number of aromatic nitrogens is 2. The summed E-state index contributed by atoms with van der Waals surface area (Å²) in [4.78, 5) is 9.37. The molecule has 0 saturated heterocycles. The Morgan fingerprint density at radius 1 is 0.867 bits per heavy atom. The van der Waals surface area contributed by atoms with Gasteiger partial charge >= 0.3 is 0 Å². The second-order valence-electron chi connectivity index (χ2n) is 6.69. The van der Waals surface area contributed by atoms with Gasteiger partial charge in [-0.05, 0) is 48.5 Å². The van der Waals surface area contributed by atoms with Crippen LogP contribution in [0.25, 0.3) is 22.3 Å². The van der Waals surface area contributed by atoms with E-state index in [9.17, 15) is 8.42 Å². The third-order valence-electron chi connectivity index (χ3n) is 4.42. The molecule has 7 nitrogen and oxygen atoms in total. The van der Waals surface area contributed by atoms with Crippen molar-refractivity contribution in [3.63, 3.8) is 0 Å². The summed E-state index contributed by atoms with van der Waals surface area (Å²) in [7, 11) is -1.83. The van der Waals surface area contributed by atoms with Crippen LogP contribution in [0.5, 0.6) is 5.75 Å². The van der Waals surface area contributed by atoms with Gasteiger partial charge in [0, 0.05) is 16.6 Å². The summed E-state index contributed by atoms with van der Waals surface area (Å²) >= 11 is 0. The van der Waals surface area contributed by atoms with Gasteiger partial charge < -0.3 is 10.1 Å². The number of hydrogen-bond donors (Lipinski definition) is 2. The molecule has 30 heavy (non-hydrogen) atoms. The average molecular weight is 420 g/mol. The highest BCUT2D eigenvalue weighted by Gasteiger charge is 2.14. The summed E-state index contributed by atoms with van der Waals surface area (Å²) in [6, 6.07) is 22.2. The van der Waals surface area contributed by atoms with E-state index in [2.05, 4.69) is 15.0 Å². The molecule has 1 heterocycles. The predicted molar refractivity (Wildman–Crippen MR) is 120 cm³/mol. The van der Waals surface area contributed by atoms with E-state index >= 15 is 0 Å². The van der Waals surface area contributed by atoms with Crippen LogP contribution in [-0.4, -0.2) is 31.8 Å². The zero-order valence-corrected chi connectivity index (χ0v) is 17.3. The molecule has 0 aliphatic rings. The van der Waals surface area contributed by atoms with Gasteiger partial charge in [-0.1, -0.05) is 24.3 Å². The van der Waals surface area contributed by atoms with Crippen molar-refractivity contribution in [3.05, 3.63) is 72.8 Å². The molecule has 4 aromatic rings. The lowest BCUT2D eigenvalue weighted by atomic mass is 10.1. The number of anilines is 3. The minimum Gasteiger partial charge on any atom is -0.497 e. The van der Waals surface area contributed by atoms with Crippen molar-refractivity contribution in [1.82, 2.24) is 9.97 Å². The molecular formula is C22H20N4O3S. The Morgan fingerprint density at radius 3 is 2.30 bits per heavy atom. The SMILES string of the molecule is COc1ccc(Nc2nc(-c3ccccc3NS(C)(=O)=O)nc3ccccc23)cc1. The fraction of sp³-hybridized carbons (Fsp3) is 0.0909. The first-order valence-corrected chi connectivity index (χ1v) is 11.1. The molecule has 0 aliphatic heterocycles. The minimum absolute atomic E-state index is 0.413. The summed E-state index contributed by atoms with van der Waals surface area (Å²) in [5, 5.41) is 4.18. The van der Waals surface area contributed by atoms with Crippen molar-refractivity contribution in [2.45, 2.75) is 0 Å². The molecule has 0 atom stereocenters. The number of rotatable bonds is 6. The highest BCUT2D eigenvalue weighted by molar-refractivity contribution is 7.92. The van der Waals surface area contributed by atoms with Gasteiger partial charge in [0.2, 0.25) is 10.0 Å². The first kappa shape index (κ1) is 19.7. The first-order chi connectivity index (χ1) is 14.4. The van der Waals surface area contributed by atoms with E-state index in [0.29, 0.717) is 22.9 Å². The molecule has 152 valence electrons. The topological polar surface area (TPSA) is 93.2 Å². The van der Waals surface area contributed by atoms with Gasteiger partial charge in [-0.2, -0.15) is 0 Å². The third-order valence-corrected chi connectivity index (χ3v) is 5.01. The quantitative estimate of drug-likeness (QED) is 0.480. The van der Waals surface area contributed by atoms with Crippen molar-refractivity contribution in [2.24, 2.45) is 0 Å². The zero-order valence-electron chi connectivity index (χ0n) is 16.5. The maximum atomic E-state index is 11.8. The number of nitrogens with zero attached hydrogens (tertiary/aromatic N) is 2. The van der Waals surface area contributed by atoms with Crippen LogP contribution in [0.2, 0.25) is 0 Å². The Hall–Kier alpha value is -3.65. The smallest absolute Gasteiger partial charge is 0.229 e. The van der Waals surface area contributed by atoms with Crippen LogP contribution in [0.4, 0.5) is 17.2 Å². The summed E-state index contributed by atoms with van der Waals surface area (Å²) < 4.78 is 31.3. The molecule has 8 heteroatoms. The van der Waals surface area contributed by atoms with Crippen LogP contribution in [0.1, 0.15) is 0 Å². The fourth-order valence-corrected chi connectivity index (χ4v) is 3.65. The van der Waals surface area contributed by atoms with E-state index in [0.717, 1.165) is 28.6 Å². The molecule has 0 saturated carbocycles. The van der Waals surface area contributed by atoms with Gasteiger partial charge in [0.05, 0.1) is 24.6 Å². The van der Waals surface area contributed by atoms with Gasteiger partial charge in [-0.15, -0.1) is 0 Å². The van der Waals surface area contributed by atoms with Gasteiger partial charge in [-0.3, -0.25) is 4.72 Å². The molecule has 0 aliphatic carbocycles. The lowest BCUT2D eigenvalue weighted by Gasteiger charge is -2.14. The molecule has 4 rings (SSSR count). The molecule has 2 N–H and O–H groups in total. The monoisotopic (exact) mass is 420 g/mol. The van der Waals surface area contributed by atoms with E-state index in [-0.39, 0.29) is 0 Å². The number of sulfonamides is 1. The number of methoxy groups -OCH3 is 1. The Morgan fingerprint density at radius 2 is 1.57 bits per heavy atom. The maximum absolute atomic E-state index is 11.8. The Bertz CT molecular complexity index is 1310. The van der Waals surface area contributed by atoms with Crippen LogP contribution in [0, 0.1) is 0 Å². The second kappa shape index (κ2) is 8.00. The summed E-state index contributed by atoms with van der Waals surface area (Å²) in [6.45, 7) is 0. The number of para-hydroxylation sites is 2. The van der Waals surface area contributed by atoms with Gasteiger partial charge in [0.1, 0.15) is 11.6 Å². The van der Waals surface area contributed by atoms with Crippen LogP contribution >= 0.6 is 0 Å². The van der Waals surface area contributed by atoms with Crippen LogP contribution in [0.15, 0.2) is 72.8 Å². The zero-order chi connectivity index (χ0) is 21.1. The number of hydrogen-bond acceptors (Lipinski definition) is 6. The predicted octanol–water partition coefficient (Wildman–Crippen LogP) is 4.42. The van der Waals surface area contributed by atoms with Gasteiger partial charge in [0.25, 0.3) is 0 Å². The Balaban J connectivity index is 1.83. The molecule has 0 fully saturated rings. The summed E-state index contributed by atoms with van der Waals surface area (Å²) in [5.41, 5.74) is 2.60. The van der Waals surface area contributed by atoms with Gasteiger partial charge in [-0.25, -0.2) is 18.4 Å². The highest BCUT2D eigenvalue weighted by atomic mass is 32.2. The highest BCUT2D eigenvalue weighted by Crippen LogP contribution is 2.31. The standard InChI is InChI=1S/C22H20N4O3S/c1-29-16-13-11-15(12-14-16)23-21-17-7-3-5-9-19(17)24-22(25-21)18-8-4-6-10-20(18)26-30(2,27)28/h3-14,26H,1-2H3,(H,23,24,25). The lowest BCUT2D eigenvalue weighted by Crippen LogP contribution is -2.11. The van der Waals surface area contributed by atoms with Crippen molar-refractivity contribution in [1.29, 1.82) is 0 Å². The van der Waals surface area contributed by atoms with E-state index < -0.39 is 10.0 Å². The average Bonchev–Trinajstić information content (AvgIpc) is 2.73. The number of nitrogens with one attached hydrogen (secondary N) is 2. The largest absolute Gasteiger partial charge is 0.497 e. The second-order valence-corrected chi connectivity index (χ2v) is 8.43. The summed E-state index contributed by atoms with van der Waals surface area (Å²) in [5.74, 6) is 1.79. The van der Waals surface area contributed by atoms with E-state index in [1.54, 1.807) is 25.3 Å². The van der Waals surface area contributed by atoms with Crippen LogP contribution in [0.3, 0.4) is 0 Å². The van der Waals surface area contributed by atoms with E-state index in [1.807, 2.05) is 54.6 Å². The lowest BCUT2D eigenvalue weighted by molar-refractivity contribution is 0.415. The molecule has 1 aromatic heterocycles. The van der Waals surface area contributed by atoms with Crippen LogP contribution < -0.4 is 14.8 Å². The third kappa shape index (κ3) is 4.33. The Kier molecular flexibility index (Phi) is 5.24. The summed E-state index contributed by atoms with van der Waals surface area (Å²) in [6.07, 6.45) is 1.11. The van der Waals surface area contributed by atoms with E-state index in [4.69, 9.17) is 9.72 Å². The van der Waals surface area contributed by atoms with Crippen molar-refractivity contribution in [2.75, 3.05) is 23.4 Å². The first-order valence-electron chi connectivity index (χ1n) is 9.18. The van der Waals surface area contributed by atoms with Gasteiger partial charge in [0.15, 0.2) is 5.82 Å². The molecule has 3 aromatic carbocycles. The van der Waals surface area contributed by atoms with Crippen molar-refractivity contribution < 1.29 is 13.2 Å². The number of ether oxygens (including phenoxy) is 1. The molecular weight excluding hydrogens is 400 g/mol. The number of fused-ring (bicyclic) bond motifs is 1. The maximum Gasteiger partial charge on any atom is 0.229 e. The minimum atomic E-state index is -3.45. The molecule has 0 bridgehead atoms. The fourth-order valence-electron chi connectivity index (χ4n) is 3.07. The Labute approximate surface area is 174 Å². The number of benzene rings is 3. The van der Waals surface area contributed by atoms with E-state index in [1.165, 1.54) is 0 Å².